The number of hydrogen-bond acceptors (Lipinski definition) is 2. The van der Waals surface area contributed by atoms with Gasteiger partial charge in [0.1, 0.15) is 0 Å². The van der Waals surface area contributed by atoms with E-state index in [4.69, 9.17) is 5.73 Å². The monoisotopic (exact) mass is 243 g/mol. The van der Waals surface area contributed by atoms with Crippen molar-refractivity contribution in [2.24, 2.45) is 5.73 Å². The van der Waals surface area contributed by atoms with Gasteiger partial charge < -0.3 is 10.8 Å². The molecule has 0 amide bonds. The van der Waals surface area contributed by atoms with Gasteiger partial charge in [0, 0.05) is 4.47 Å². The molecule has 1 rings (SSSR count). The van der Waals surface area contributed by atoms with Gasteiger partial charge in [-0.25, -0.2) is 0 Å². The van der Waals surface area contributed by atoms with Gasteiger partial charge in [-0.05, 0) is 37.1 Å². The van der Waals surface area contributed by atoms with Gasteiger partial charge in [-0.1, -0.05) is 28.1 Å². The van der Waals surface area contributed by atoms with Gasteiger partial charge in [-0.3, -0.25) is 0 Å². The molecule has 1 atom stereocenters. The van der Waals surface area contributed by atoms with Gasteiger partial charge in [0.25, 0.3) is 0 Å². The third-order valence-electron chi connectivity index (χ3n) is 2.01. The number of aliphatic hydroxyl groups excluding tert-OH is 1. The molecule has 0 aliphatic heterocycles. The van der Waals surface area contributed by atoms with Crippen LogP contribution in [0.5, 0.6) is 0 Å². The van der Waals surface area contributed by atoms with E-state index < -0.39 is 6.10 Å². The largest absolute Gasteiger partial charge is 0.388 e. The van der Waals surface area contributed by atoms with Crippen molar-refractivity contribution in [1.82, 2.24) is 0 Å². The maximum Gasteiger partial charge on any atom is 0.0802 e. The minimum atomic E-state index is -0.434. The van der Waals surface area contributed by atoms with E-state index >= 15 is 0 Å². The van der Waals surface area contributed by atoms with E-state index in [1.54, 1.807) is 0 Å². The summed E-state index contributed by atoms with van der Waals surface area (Å²) in [7, 11) is 0. The molecule has 0 fully saturated rings. The number of hydrogen-bond donors (Lipinski definition) is 2. The normalized spacial score (nSPS) is 12.9. The van der Waals surface area contributed by atoms with Gasteiger partial charge in [-0.2, -0.15) is 0 Å². The average Bonchev–Trinajstić information content (AvgIpc) is 2.10. The molecule has 2 nitrogen and oxygen atoms in total. The van der Waals surface area contributed by atoms with Crippen LogP contribution in [0.15, 0.2) is 22.7 Å². The Morgan fingerprint density at radius 2 is 2.23 bits per heavy atom. The zero-order valence-corrected chi connectivity index (χ0v) is 9.21. The van der Waals surface area contributed by atoms with E-state index in [2.05, 4.69) is 15.9 Å². The minimum Gasteiger partial charge on any atom is -0.388 e. The van der Waals surface area contributed by atoms with Crippen LogP contribution >= 0.6 is 15.9 Å². The molecule has 1 aromatic carbocycles. The van der Waals surface area contributed by atoms with Gasteiger partial charge in [0.2, 0.25) is 0 Å². The second-order valence-electron chi connectivity index (χ2n) is 3.10. The van der Waals surface area contributed by atoms with Crippen LogP contribution in [0, 0.1) is 6.92 Å². The lowest BCUT2D eigenvalue weighted by Gasteiger charge is -2.10. The summed E-state index contributed by atoms with van der Waals surface area (Å²) in [4.78, 5) is 0. The van der Waals surface area contributed by atoms with E-state index in [0.717, 1.165) is 15.6 Å². The van der Waals surface area contributed by atoms with Crippen molar-refractivity contribution in [3.05, 3.63) is 33.8 Å². The summed E-state index contributed by atoms with van der Waals surface area (Å²) in [5.74, 6) is 0. The molecule has 3 heteroatoms. The highest BCUT2D eigenvalue weighted by Crippen LogP contribution is 2.22. The summed E-state index contributed by atoms with van der Waals surface area (Å²) in [6.45, 7) is 2.51. The Hall–Kier alpha value is -0.380. The van der Waals surface area contributed by atoms with E-state index in [9.17, 15) is 5.11 Å². The van der Waals surface area contributed by atoms with Crippen LogP contribution in [0.2, 0.25) is 0 Å². The lowest BCUT2D eigenvalue weighted by molar-refractivity contribution is 0.170. The van der Waals surface area contributed by atoms with Crippen LogP contribution in [0.3, 0.4) is 0 Å². The molecule has 0 aromatic heterocycles. The lowest BCUT2D eigenvalue weighted by atomic mass is 10.0. The lowest BCUT2D eigenvalue weighted by Crippen LogP contribution is -2.06. The van der Waals surface area contributed by atoms with Gasteiger partial charge >= 0.3 is 0 Å². The summed E-state index contributed by atoms with van der Waals surface area (Å²) in [5, 5.41) is 9.64. The maximum absolute atomic E-state index is 9.64. The second kappa shape index (κ2) is 4.74. The zero-order valence-electron chi connectivity index (χ0n) is 7.63. The Morgan fingerprint density at radius 1 is 1.54 bits per heavy atom. The third kappa shape index (κ3) is 2.79. The molecule has 0 bridgehead atoms. The fourth-order valence-corrected chi connectivity index (χ4v) is 1.45. The predicted octanol–water partition coefficient (Wildman–Crippen LogP) is 2.14. The summed E-state index contributed by atoms with van der Waals surface area (Å²) in [5.41, 5.74) is 7.43. The van der Waals surface area contributed by atoms with Gasteiger partial charge in [0.05, 0.1) is 6.10 Å². The van der Waals surface area contributed by atoms with Crippen LogP contribution in [0.25, 0.3) is 0 Å². The molecule has 0 aliphatic carbocycles. The molecule has 0 saturated carbocycles. The minimum absolute atomic E-state index is 0.434. The first-order valence-electron chi connectivity index (χ1n) is 4.29. The van der Waals surface area contributed by atoms with Crippen molar-refractivity contribution in [3.63, 3.8) is 0 Å². The molecule has 72 valence electrons. The fourth-order valence-electron chi connectivity index (χ4n) is 1.20. The molecule has 3 N–H and O–H groups in total. The first kappa shape index (κ1) is 10.7. The SMILES string of the molecule is Cc1cc([C@@H](O)CCN)ccc1Br. The van der Waals surface area contributed by atoms with Crippen LogP contribution < -0.4 is 5.73 Å². The molecule has 0 heterocycles. The number of halogens is 1. The molecule has 13 heavy (non-hydrogen) atoms. The van der Waals surface area contributed by atoms with Crippen LogP contribution in [0.4, 0.5) is 0 Å². The topological polar surface area (TPSA) is 46.2 Å². The second-order valence-corrected chi connectivity index (χ2v) is 3.96. The van der Waals surface area contributed by atoms with Crippen molar-refractivity contribution >= 4 is 15.9 Å². The van der Waals surface area contributed by atoms with Crippen molar-refractivity contribution in [3.8, 4) is 0 Å². The molecule has 0 saturated heterocycles. The molecular formula is C10H14BrNO. The molecule has 1 aromatic rings. The maximum atomic E-state index is 9.64. The first-order valence-corrected chi connectivity index (χ1v) is 5.08. The Balaban J connectivity index is 2.84. The van der Waals surface area contributed by atoms with Crippen LogP contribution in [-0.2, 0) is 0 Å². The highest BCUT2D eigenvalue weighted by Gasteiger charge is 2.06. The summed E-state index contributed by atoms with van der Waals surface area (Å²) < 4.78 is 1.07. The third-order valence-corrected chi connectivity index (χ3v) is 2.90. The molecule has 0 spiro atoms. The van der Waals surface area contributed by atoms with Gasteiger partial charge in [-0.15, -0.1) is 0 Å². The molecule has 0 radical (unpaired) electrons. The van der Waals surface area contributed by atoms with Crippen molar-refractivity contribution in [2.45, 2.75) is 19.4 Å². The van der Waals surface area contributed by atoms with E-state index in [1.807, 2.05) is 25.1 Å². The van der Waals surface area contributed by atoms with Crippen LogP contribution in [0.1, 0.15) is 23.7 Å². The highest BCUT2D eigenvalue weighted by atomic mass is 79.9. The number of aliphatic hydroxyl groups is 1. The van der Waals surface area contributed by atoms with E-state index in [1.165, 1.54) is 0 Å². The predicted molar refractivity (Wildman–Crippen MR) is 57.5 cm³/mol. The Kier molecular flexibility index (Phi) is 3.90. The quantitative estimate of drug-likeness (QED) is 0.855. The first-order chi connectivity index (χ1) is 6.15. The summed E-state index contributed by atoms with van der Waals surface area (Å²) >= 11 is 3.41. The number of aryl methyl sites for hydroxylation is 1. The van der Waals surface area contributed by atoms with Crippen molar-refractivity contribution in [2.75, 3.05) is 6.54 Å². The molecule has 0 unspecified atom stereocenters. The van der Waals surface area contributed by atoms with E-state index in [-0.39, 0.29) is 0 Å². The average molecular weight is 244 g/mol. The number of nitrogens with two attached hydrogens (primary N) is 1. The fraction of sp³-hybridized carbons (Fsp3) is 0.400. The Morgan fingerprint density at radius 3 is 2.77 bits per heavy atom. The zero-order chi connectivity index (χ0) is 9.84. The Bertz CT molecular complexity index is 288. The number of benzene rings is 1. The molecule has 0 aliphatic rings. The Labute approximate surface area is 86.9 Å². The van der Waals surface area contributed by atoms with Crippen molar-refractivity contribution < 1.29 is 5.11 Å². The number of rotatable bonds is 3. The summed E-state index contributed by atoms with van der Waals surface area (Å²) in [6, 6.07) is 5.84. The summed E-state index contributed by atoms with van der Waals surface area (Å²) in [6.07, 6.45) is 0.179. The van der Waals surface area contributed by atoms with Crippen molar-refractivity contribution in [1.29, 1.82) is 0 Å². The van der Waals surface area contributed by atoms with E-state index in [0.29, 0.717) is 13.0 Å². The molecular weight excluding hydrogens is 230 g/mol. The highest BCUT2D eigenvalue weighted by molar-refractivity contribution is 9.10. The van der Waals surface area contributed by atoms with Gasteiger partial charge in [0.15, 0.2) is 0 Å². The smallest absolute Gasteiger partial charge is 0.0802 e. The van der Waals surface area contributed by atoms with Crippen LogP contribution in [-0.4, -0.2) is 11.7 Å². The standard InChI is InChI=1S/C10H14BrNO/c1-7-6-8(2-3-9(7)11)10(13)4-5-12/h2-3,6,10,13H,4-5,12H2,1H3/t10-/m0/s1.